The molecule has 5 rings (SSSR count). The summed E-state index contributed by atoms with van der Waals surface area (Å²) in [6, 6.07) is 23.9. The molecule has 1 amide bonds. The molecular formula is C31H28N4O5. The number of aromatic amines is 1. The number of fused-ring (bicyclic) bond motifs is 1. The van der Waals surface area contributed by atoms with Crippen molar-refractivity contribution in [1.29, 1.82) is 0 Å². The number of nitrogens with one attached hydrogen (secondary N) is 2. The lowest BCUT2D eigenvalue weighted by atomic mass is 10.0. The fourth-order valence-corrected chi connectivity index (χ4v) is 4.26. The third-order valence-electron chi connectivity index (χ3n) is 6.16. The zero-order chi connectivity index (χ0) is 28.1. The van der Waals surface area contributed by atoms with Gasteiger partial charge in [-0.2, -0.15) is 5.10 Å². The number of nitrogens with zero attached hydrogens (tertiary/aromatic N) is 2. The number of ether oxygens (including phenoxy) is 2. The van der Waals surface area contributed by atoms with E-state index in [-0.39, 0.29) is 17.4 Å². The van der Waals surface area contributed by atoms with E-state index in [4.69, 9.17) is 13.9 Å². The van der Waals surface area contributed by atoms with E-state index >= 15 is 0 Å². The van der Waals surface area contributed by atoms with Crippen molar-refractivity contribution >= 4 is 34.7 Å². The zero-order valence-electron chi connectivity index (χ0n) is 22.3. The van der Waals surface area contributed by atoms with Crippen molar-refractivity contribution in [2.75, 3.05) is 25.6 Å². The second-order valence-electron chi connectivity index (χ2n) is 9.07. The average Bonchev–Trinajstić information content (AvgIpc) is 3.63. The van der Waals surface area contributed by atoms with E-state index in [0.717, 1.165) is 27.7 Å². The van der Waals surface area contributed by atoms with E-state index in [9.17, 15) is 9.59 Å². The van der Waals surface area contributed by atoms with Crippen LogP contribution in [0.5, 0.6) is 11.5 Å². The molecule has 0 spiro atoms. The molecule has 0 aliphatic rings. The molecular weight excluding hydrogens is 508 g/mol. The second kappa shape index (κ2) is 11.6. The molecule has 0 unspecified atom stereocenters. The molecule has 0 atom stereocenters. The molecule has 0 aliphatic heterocycles. The van der Waals surface area contributed by atoms with Crippen LogP contribution in [0.2, 0.25) is 0 Å². The van der Waals surface area contributed by atoms with Gasteiger partial charge in [-0.05, 0) is 66.6 Å². The van der Waals surface area contributed by atoms with Gasteiger partial charge in [0.05, 0.1) is 19.1 Å². The molecule has 2 N–H and O–H groups in total. The fourth-order valence-electron chi connectivity index (χ4n) is 4.26. The Bertz CT molecular complexity index is 1670. The number of aromatic nitrogens is 1. The Kier molecular flexibility index (Phi) is 7.63. The summed E-state index contributed by atoms with van der Waals surface area (Å²) in [5.41, 5.74) is 7.25. The number of H-pyrrole nitrogens is 1. The fraction of sp³-hybridized carbons (Fsp3) is 0.129. The normalized spacial score (nSPS) is 11.1. The molecule has 40 heavy (non-hydrogen) atoms. The van der Waals surface area contributed by atoms with E-state index in [1.165, 1.54) is 18.5 Å². The van der Waals surface area contributed by atoms with E-state index in [0.29, 0.717) is 23.6 Å². The summed E-state index contributed by atoms with van der Waals surface area (Å²) in [7, 11) is 3.95. The van der Waals surface area contributed by atoms with Gasteiger partial charge in [0.25, 0.3) is 5.91 Å². The first kappa shape index (κ1) is 26.3. The van der Waals surface area contributed by atoms with Crippen molar-refractivity contribution in [1.82, 2.24) is 10.4 Å². The van der Waals surface area contributed by atoms with Gasteiger partial charge < -0.3 is 23.8 Å². The van der Waals surface area contributed by atoms with Crippen LogP contribution in [-0.2, 0) is 0 Å². The van der Waals surface area contributed by atoms with Crippen LogP contribution in [0.3, 0.4) is 0 Å². The largest absolute Gasteiger partial charge is 0.490 e. The van der Waals surface area contributed by atoms with Gasteiger partial charge in [0.15, 0.2) is 11.5 Å². The van der Waals surface area contributed by atoms with Crippen molar-refractivity contribution in [2.24, 2.45) is 5.10 Å². The van der Waals surface area contributed by atoms with E-state index in [1.54, 1.807) is 24.3 Å². The van der Waals surface area contributed by atoms with Crippen molar-refractivity contribution in [3.05, 3.63) is 102 Å². The monoisotopic (exact) mass is 536 g/mol. The lowest BCUT2D eigenvalue weighted by Gasteiger charge is -2.12. The van der Waals surface area contributed by atoms with Gasteiger partial charge in [-0.3, -0.25) is 4.79 Å². The first-order chi connectivity index (χ1) is 19.4. The topological polar surface area (TPSA) is 109 Å². The number of esters is 1. The van der Waals surface area contributed by atoms with Gasteiger partial charge in [-0.1, -0.05) is 30.3 Å². The molecule has 0 bridgehead atoms. The predicted molar refractivity (Wildman–Crippen MR) is 154 cm³/mol. The first-order valence-electron chi connectivity index (χ1n) is 12.7. The Labute approximate surface area is 231 Å². The molecule has 0 fully saturated rings. The third kappa shape index (κ3) is 5.58. The highest BCUT2D eigenvalue weighted by atomic mass is 16.6. The van der Waals surface area contributed by atoms with Crippen molar-refractivity contribution < 1.29 is 23.5 Å². The summed E-state index contributed by atoms with van der Waals surface area (Å²) in [4.78, 5) is 30.9. The number of rotatable bonds is 9. The number of carbonyl (C=O) groups is 2. The molecule has 9 nitrogen and oxygen atoms in total. The molecule has 3 aromatic carbocycles. The SMILES string of the molecule is CCOc1cc(C=NNC(=O)c2[nH]c3ccc(N(C)C)cc3c2-c2ccccc2)ccc1OC(=O)c1ccco1. The minimum absolute atomic E-state index is 0.0839. The van der Waals surface area contributed by atoms with Gasteiger partial charge in [0.2, 0.25) is 5.76 Å². The maximum Gasteiger partial charge on any atom is 0.379 e. The highest BCUT2D eigenvalue weighted by Crippen LogP contribution is 2.34. The highest BCUT2D eigenvalue weighted by molar-refractivity contribution is 6.10. The minimum atomic E-state index is -0.634. The summed E-state index contributed by atoms with van der Waals surface area (Å²) in [6.07, 6.45) is 2.89. The Hall–Kier alpha value is -5.31. The summed E-state index contributed by atoms with van der Waals surface area (Å²) in [5, 5.41) is 5.11. The number of hydrogen-bond acceptors (Lipinski definition) is 7. The maximum absolute atomic E-state index is 13.3. The van der Waals surface area contributed by atoms with Crippen LogP contribution in [-0.4, -0.2) is 43.8 Å². The van der Waals surface area contributed by atoms with Crippen LogP contribution < -0.4 is 19.8 Å². The summed E-state index contributed by atoms with van der Waals surface area (Å²) in [5.74, 6) is -0.333. The Morgan fingerprint density at radius 2 is 1.82 bits per heavy atom. The second-order valence-corrected chi connectivity index (χ2v) is 9.07. The van der Waals surface area contributed by atoms with Gasteiger partial charge in [0.1, 0.15) is 5.69 Å². The lowest BCUT2D eigenvalue weighted by Crippen LogP contribution is -2.18. The zero-order valence-corrected chi connectivity index (χ0v) is 22.3. The summed E-state index contributed by atoms with van der Waals surface area (Å²) < 4.78 is 16.2. The molecule has 202 valence electrons. The molecule has 0 saturated heterocycles. The average molecular weight is 537 g/mol. The maximum atomic E-state index is 13.3. The molecule has 9 heteroatoms. The van der Waals surface area contributed by atoms with Crippen LogP contribution in [0.25, 0.3) is 22.0 Å². The first-order valence-corrected chi connectivity index (χ1v) is 12.7. The highest BCUT2D eigenvalue weighted by Gasteiger charge is 2.20. The van der Waals surface area contributed by atoms with E-state index in [2.05, 4.69) is 21.6 Å². The number of amides is 1. The Balaban J connectivity index is 1.39. The number of anilines is 1. The van der Waals surface area contributed by atoms with Crippen LogP contribution >= 0.6 is 0 Å². The predicted octanol–water partition coefficient (Wildman–Crippen LogP) is 5.88. The van der Waals surface area contributed by atoms with E-state index < -0.39 is 5.97 Å². The number of furan rings is 1. The van der Waals surface area contributed by atoms with E-state index in [1.807, 2.05) is 68.4 Å². The number of hydrazone groups is 1. The lowest BCUT2D eigenvalue weighted by molar-refractivity contribution is 0.0695. The molecule has 0 aliphatic carbocycles. The summed E-state index contributed by atoms with van der Waals surface area (Å²) >= 11 is 0. The quantitative estimate of drug-likeness (QED) is 0.105. The molecule has 0 radical (unpaired) electrons. The molecule has 2 heterocycles. The van der Waals surface area contributed by atoms with Gasteiger partial charge >= 0.3 is 5.97 Å². The third-order valence-corrected chi connectivity index (χ3v) is 6.16. The van der Waals surface area contributed by atoms with Crippen LogP contribution in [0, 0.1) is 0 Å². The minimum Gasteiger partial charge on any atom is -0.490 e. The van der Waals surface area contributed by atoms with Crippen molar-refractivity contribution in [3.8, 4) is 22.6 Å². The smallest absolute Gasteiger partial charge is 0.379 e. The molecule has 0 saturated carbocycles. The molecule has 2 aromatic heterocycles. The summed E-state index contributed by atoms with van der Waals surface area (Å²) in [6.45, 7) is 2.19. The number of carbonyl (C=O) groups excluding carboxylic acids is 2. The van der Waals surface area contributed by atoms with Gasteiger partial charge in [-0.15, -0.1) is 0 Å². The van der Waals surface area contributed by atoms with Crippen LogP contribution in [0.15, 0.2) is 94.6 Å². The van der Waals surface area contributed by atoms with Crippen LogP contribution in [0.1, 0.15) is 33.5 Å². The number of benzene rings is 3. The van der Waals surface area contributed by atoms with Gasteiger partial charge in [-0.25, -0.2) is 10.2 Å². The Morgan fingerprint density at radius 1 is 1.00 bits per heavy atom. The Morgan fingerprint density at radius 3 is 2.55 bits per heavy atom. The number of hydrogen-bond donors (Lipinski definition) is 2. The van der Waals surface area contributed by atoms with Gasteiger partial charge in [0, 0.05) is 36.2 Å². The van der Waals surface area contributed by atoms with Crippen molar-refractivity contribution in [3.63, 3.8) is 0 Å². The standard InChI is InChI=1S/C31H28N4O5/c1-4-38-27-17-20(12-15-25(27)40-31(37)26-11-8-16-39-26)19-32-34-30(36)29-28(21-9-6-5-7-10-21)23-18-22(35(2)3)13-14-24(23)33-29/h5-19,33H,4H2,1-3H3,(H,34,36). The molecule has 5 aromatic rings. The van der Waals surface area contributed by atoms with Crippen molar-refractivity contribution in [2.45, 2.75) is 6.92 Å². The van der Waals surface area contributed by atoms with Crippen LogP contribution in [0.4, 0.5) is 5.69 Å².